The standard InChI is InChI=1S/C16H24F3N3O3/c1-12-10-13(21-6-8-24-9-7-21)2-4-15(12,23)22-5-3-14(20-22)25-11-16(17,18)19/h3,5,12-13,23H,2,4,6-11H2,1H3. The molecule has 1 saturated carbocycles. The minimum Gasteiger partial charge on any atom is -0.467 e. The molecule has 1 saturated heterocycles. The van der Waals surface area contributed by atoms with Crippen molar-refractivity contribution in [1.29, 1.82) is 0 Å². The molecule has 0 bridgehead atoms. The first-order valence-corrected chi connectivity index (χ1v) is 8.58. The summed E-state index contributed by atoms with van der Waals surface area (Å²) in [6.45, 7) is 3.81. The summed E-state index contributed by atoms with van der Waals surface area (Å²) in [5, 5.41) is 15.1. The molecule has 0 aromatic carbocycles. The van der Waals surface area contributed by atoms with Gasteiger partial charge in [-0.3, -0.25) is 4.90 Å². The smallest absolute Gasteiger partial charge is 0.422 e. The van der Waals surface area contributed by atoms with E-state index in [-0.39, 0.29) is 11.8 Å². The third-order valence-corrected chi connectivity index (χ3v) is 5.17. The van der Waals surface area contributed by atoms with Crippen LogP contribution in [0.4, 0.5) is 13.2 Å². The number of hydrogen-bond acceptors (Lipinski definition) is 5. The molecule has 3 unspecified atom stereocenters. The van der Waals surface area contributed by atoms with E-state index in [1.54, 1.807) is 0 Å². The Balaban J connectivity index is 1.63. The minimum absolute atomic E-state index is 0.0792. The Morgan fingerprint density at radius 1 is 1.40 bits per heavy atom. The van der Waals surface area contributed by atoms with Gasteiger partial charge < -0.3 is 14.6 Å². The van der Waals surface area contributed by atoms with Gasteiger partial charge in [-0.15, -0.1) is 5.10 Å². The Morgan fingerprint density at radius 3 is 2.76 bits per heavy atom. The molecular weight excluding hydrogens is 339 g/mol. The van der Waals surface area contributed by atoms with Gasteiger partial charge in [0, 0.05) is 37.3 Å². The van der Waals surface area contributed by atoms with Gasteiger partial charge in [0.15, 0.2) is 12.3 Å². The first-order valence-electron chi connectivity index (χ1n) is 8.58. The zero-order valence-electron chi connectivity index (χ0n) is 14.2. The van der Waals surface area contributed by atoms with Crippen molar-refractivity contribution >= 4 is 0 Å². The van der Waals surface area contributed by atoms with E-state index in [1.807, 2.05) is 6.92 Å². The SMILES string of the molecule is CC1CC(N2CCOCC2)CCC1(O)n1ccc(OCC(F)(F)F)n1. The van der Waals surface area contributed by atoms with Crippen molar-refractivity contribution in [3.63, 3.8) is 0 Å². The third kappa shape index (κ3) is 4.27. The highest BCUT2D eigenvalue weighted by Crippen LogP contribution is 2.39. The van der Waals surface area contributed by atoms with Gasteiger partial charge >= 0.3 is 6.18 Å². The lowest BCUT2D eigenvalue weighted by atomic mass is 9.79. The Hall–Kier alpha value is -1.32. The van der Waals surface area contributed by atoms with Crippen LogP contribution in [0.15, 0.2) is 12.3 Å². The summed E-state index contributed by atoms with van der Waals surface area (Å²) < 4.78 is 48.1. The molecule has 25 heavy (non-hydrogen) atoms. The molecule has 1 aliphatic carbocycles. The summed E-state index contributed by atoms with van der Waals surface area (Å²) in [5.74, 6) is -0.210. The van der Waals surface area contributed by atoms with Crippen molar-refractivity contribution < 1.29 is 27.8 Å². The molecule has 9 heteroatoms. The first-order chi connectivity index (χ1) is 11.8. The van der Waals surface area contributed by atoms with Crippen molar-refractivity contribution in [2.75, 3.05) is 32.9 Å². The fourth-order valence-electron chi connectivity index (χ4n) is 3.71. The average molecular weight is 363 g/mol. The second kappa shape index (κ2) is 7.13. The summed E-state index contributed by atoms with van der Waals surface area (Å²) in [6.07, 6.45) is -0.827. The van der Waals surface area contributed by atoms with Crippen molar-refractivity contribution in [2.24, 2.45) is 5.92 Å². The molecular formula is C16H24F3N3O3. The van der Waals surface area contributed by atoms with Gasteiger partial charge in [0.2, 0.25) is 5.88 Å². The van der Waals surface area contributed by atoms with Gasteiger partial charge in [0.25, 0.3) is 0 Å². The van der Waals surface area contributed by atoms with E-state index >= 15 is 0 Å². The summed E-state index contributed by atoms with van der Waals surface area (Å²) in [4.78, 5) is 2.39. The van der Waals surface area contributed by atoms with Crippen LogP contribution in [0, 0.1) is 5.92 Å². The first kappa shape index (κ1) is 18.5. The van der Waals surface area contributed by atoms with Crippen molar-refractivity contribution in [3.8, 4) is 5.88 Å². The van der Waals surface area contributed by atoms with Gasteiger partial charge in [-0.2, -0.15) is 13.2 Å². The molecule has 1 aromatic rings. The van der Waals surface area contributed by atoms with Crippen molar-refractivity contribution in [3.05, 3.63) is 12.3 Å². The third-order valence-electron chi connectivity index (χ3n) is 5.17. The Bertz CT molecular complexity index is 574. The normalized spacial score (nSPS) is 31.9. The number of nitrogens with zero attached hydrogens (tertiary/aromatic N) is 3. The molecule has 3 rings (SSSR count). The van der Waals surface area contributed by atoms with Crippen LogP contribution in [0.2, 0.25) is 0 Å². The maximum absolute atomic E-state index is 12.2. The highest BCUT2D eigenvalue weighted by atomic mass is 19.4. The molecule has 2 aliphatic rings. The number of morpholine rings is 1. The topological polar surface area (TPSA) is 59.8 Å². The summed E-state index contributed by atoms with van der Waals surface area (Å²) in [7, 11) is 0. The summed E-state index contributed by atoms with van der Waals surface area (Å²) in [6, 6.07) is 1.74. The van der Waals surface area contributed by atoms with Crippen LogP contribution in [0.25, 0.3) is 0 Å². The van der Waals surface area contributed by atoms with Crippen LogP contribution in [-0.2, 0) is 10.5 Å². The van der Waals surface area contributed by atoms with Gasteiger partial charge in [0.1, 0.15) is 0 Å². The van der Waals surface area contributed by atoms with E-state index in [9.17, 15) is 18.3 Å². The van der Waals surface area contributed by atoms with Crippen LogP contribution in [-0.4, -0.2) is 64.9 Å². The minimum atomic E-state index is -4.41. The highest BCUT2D eigenvalue weighted by molar-refractivity contribution is 5.08. The molecule has 1 aromatic heterocycles. The molecule has 6 nitrogen and oxygen atoms in total. The van der Waals surface area contributed by atoms with E-state index < -0.39 is 18.5 Å². The predicted molar refractivity (Wildman–Crippen MR) is 83.2 cm³/mol. The van der Waals surface area contributed by atoms with Gasteiger partial charge in [0.05, 0.1) is 13.2 Å². The van der Waals surface area contributed by atoms with Gasteiger partial charge in [-0.05, 0) is 19.3 Å². The lowest BCUT2D eigenvalue weighted by molar-refractivity contribution is -0.155. The average Bonchev–Trinajstić information content (AvgIpc) is 3.05. The highest BCUT2D eigenvalue weighted by Gasteiger charge is 2.43. The number of aromatic nitrogens is 2. The molecule has 0 amide bonds. The molecule has 0 spiro atoms. The number of hydrogen-bond donors (Lipinski definition) is 1. The van der Waals surface area contributed by atoms with Crippen LogP contribution in [0.3, 0.4) is 0 Å². The number of halogens is 3. The van der Waals surface area contributed by atoms with Crippen LogP contribution >= 0.6 is 0 Å². The van der Waals surface area contributed by atoms with E-state index in [2.05, 4.69) is 14.7 Å². The molecule has 142 valence electrons. The molecule has 1 aliphatic heterocycles. The maximum Gasteiger partial charge on any atom is 0.422 e. The summed E-state index contributed by atoms with van der Waals surface area (Å²) >= 11 is 0. The maximum atomic E-state index is 12.2. The van der Waals surface area contributed by atoms with E-state index in [1.165, 1.54) is 16.9 Å². The Morgan fingerprint density at radius 2 is 2.12 bits per heavy atom. The lowest BCUT2D eigenvalue weighted by Crippen LogP contribution is -2.52. The Labute approximate surface area is 144 Å². The van der Waals surface area contributed by atoms with E-state index in [4.69, 9.17) is 4.74 Å². The summed E-state index contributed by atoms with van der Waals surface area (Å²) in [5.41, 5.74) is -1.21. The lowest BCUT2D eigenvalue weighted by Gasteiger charge is -2.45. The van der Waals surface area contributed by atoms with Crippen molar-refractivity contribution in [2.45, 2.75) is 44.1 Å². The zero-order valence-corrected chi connectivity index (χ0v) is 14.2. The fraction of sp³-hybridized carbons (Fsp3) is 0.812. The van der Waals surface area contributed by atoms with E-state index in [0.717, 1.165) is 39.1 Å². The van der Waals surface area contributed by atoms with Gasteiger partial charge in [-0.1, -0.05) is 6.92 Å². The predicted octanol–water partition coefficient (Wildman–Crippen LogP) is 1.99. The fourth-order valence-corrected chi connectivity index (χ4v) is 3.71. The quantitative estimate of drug-likeness (QED) is 0.887. The van der Waals surface area contributed by atoms with Crippen LogP contribution < -0.4 is 4.74 Å². The largest absolute Gasteiger partial charge is 0.467 e. The zero-order chi connectivity index (χ0) is 18.1. The number of alkyl halides is 3. The van der Waals surface area contributed by atoms with Crippen LogP contribution in [0.1, 0.15) is 26.2 Å². The number of rotatable bonds is 4. The second-order valence-corrected chi connectivity index (χ2v) is 6.86. The van der Waals surface area contributed by atoms with E-state index in [0.29, 0.717) is 12.5 Å². The second-order valence-electron chi connectivity index (χ2n) is 6.86. The molecule has 1 N–H and O–H groups in total. The molecule has 0 radical (unpaired) electrons. The number of ether oxygens (including phenoxy) is 2. The van der Waals surface area contributed by atoms with Gasteiger partial charge in [-0.25, -0.2) is 4.68 Å². The molecule has 2 fully saturated rings. The monoisotopic (exact) mass is 363 g/mol. The van der Waals surface area contributed by atoms with Crippen molar-refractivity contribution in [1.82, 2.24) is 14.7 Å². The van der Waals surface area contributed by atoms with Crippen LogP contribution in [0.5, 0.6) is 5.88 Å². The Kier molecular flexibility index (Phi) is 5.26. The number of aliphatic hydroxyl groups is 1. The molecule has 2 heterocycles. The molecule has 3 atom stereocenters.